The van der Waals surface area contributed by atoms with Crippen LogP contribution in [0.25, 0.3) is 0 Å². The number of hydrogen-bond donors (Lipinski definition) is 2. The molecule has 2 N–H and O–H groups in total. The Morgan fingerprint density at radius 1 is 1.00 bits per heavy atom. The van der Waals surface area contributed by atoms with Crippen LogP contribution in [0.15, 0.2) is 23.1 Å². The summed E-state index contributed by atoms with van der Waals surface area (Å²) >= 11 is 0. The molecule has 2 aliphatic rings. The lowest BCUT2D eigenvalue weighted by Crippen LogP contribution is -2.38. The third-order valence-corrected chi connectivity index (χ3v) is 6.91. The number of aromatic amines is 1. The number of morpholine rings is 2. The normalized spacial score (nSPS) is 18.1. The Hall–Kier alpha value is -2.30. The Kier molecular flexibility index (Phi) is 5.66. The van der Waals surface area contributed by atoms with Crippen LogP contribution in [0.2, 0.25) is 0 Å². The monoisotopic (exact) mass is 421 g/mol. The van der Waals surface area contributed by atoms with Gasteiger partial charge in [-0.05, 0) is 32.0 Å². The van der Waals surface area contributed by atoms with Crippen molar-refractivity contribution in [1.29, 1.82) is 0 Å². The molecule has 0 aliphatic carbocycles. The maximum Gasteiger partial charge on any atom is 0.265 e. The van der Waals surface area contributed by atoms with Crippen molar-refractivity contribution in [1.82, 2.24) is 10.2 Å². The number of nitrogens with one attached hydrogen (secondary N) is 2. The van der Waals surface area contributed by atoms with Gasteiger partial charge >= 0.3 is 0 Å². The van der Waals surface area contributed by atoms with E-state index >= 15 is 0 Å². The lowest BCUT2D eigenvalue weighted by atomic mass is 10.2. The Bertz CT molecular complexity index is 943. The molecular formula is C19H27N5O4S. The SMILES string of the molecule is Cc1n[nH]c(C)c1S(=O)(=O)Nc1ccc(N2CCOCC2)cc1N1CCOCC1. The molecule has 1 aromatic heterocycles. The van der Waals surface area contributed by atoms with Gasteiger partial charge in [0.25, 0.3) is 10.0 Å². The summed E-state index contributed by atoms with van der Waals surface area (Å²) in [6.45, 7) is 9.09. The largest absolute Gasteiger partial charge is 0.378 e. The van der Waals surface area contributed by atoms with Crippen molar-refractivity contribution in [2.24, 2.45) is 0 Å². The average Bonchev–Trinajstić information content (AvgIpc) is 3.08. The van der Waals surface area contributed by atoms with E-state index in [-0.39, 0.29) is 4.90 Å². The number of sulfonamides is 1. The smallest absolute Gasteiger partial charge is 0.265 e. The van der Waals surface area contributed by atoms with E-state index in [1.165, 1.54) is 0 Å². The molecule has 29 heavy (non-hydrogen) atoms. The predicted molar refractivity (Wildman–Crippen MR) is 111 cm³/mol. The summed E-state index contributed by atoms with van der Waals surface area (Å²) in [6, 6.07) is 5.86. The number of ether oxygens (including phenoxy) is 2. The Balaban J connectivity index is 1.69. The molecule has 2 aliphatic heterocycles. The van der Waals surface area contributed by atoms with Gasteiger partial charge in [-0.2, -0.15) is 5.10 Å². The number of aromatic nitrogens is 2. The van der Waals surface area contributed by atoms with Crippen molar-refractivity contribution in [3.63, 3.8) is 0 Å². The third kappa shape index (κ3) is 4.19. The first-order valence-corrected chi connectivity index (χ1v) is 11.3. The van der Waals surface area contributed by atoms with Crippen LogP contribution in [0, 0.1) is 13.8 Å². The number of aryl methyl sites for hydroxylation is 2. The van der Waals surface area contributed by atoms with Gasteiger partial charge in [0.15, 0.2) is 0 Å². The minimum absolute atomic E-state index is 0.197. The molecule has 158 valence electrons. The summed E-state index contributed by atoms with van der Waals surface area (Å²) in [5, 5.41) is 6.77. The number of rotatable bonds is 5. The van der Waals surface area contributed by atoms with E-state index in [9.17, 15) is 8.42 Å². The Morgan fingerprint density at radius 3 is 2.21 bits per heavy atom. The average molecular weight is 422 g/mol. The van der Waals surface area contributed by atoms with Gasteiger partial charge in [-0.3, -0.25) is 9.82 Å². The molecule has 10 heteroatoms. The first-order chi connectivity index (χ1) is 14.0. The maximum atomic E-state index is 13.1. The highest BCUT2D eigenvalue weighted by atomic mass is 32.2. The van der Waals surface area contributed by atoms with Gasteiger partial charge < -0.3 is 19.3 Å². The number of nitrogens with zero attached hydrogens (tertiary/aromatic N) is 3. The molecule has 9 nitrogen and oxygen atoms in total. The van der Waals surface area contributed by atoms with Gasteiger partial charge in [0.05, 0.1) is 49.2 Å². The summed E-state index contributed by atoms with van der Waals surface area (Å²) in [4.78, 5) is 4.62. The summed E-state index contributed by atoms with van der Waals surface area (Å²) in [6.07, 6.45) is 0. The fourth-order valence-electron chi connectivity index (χ4n) is 3.82. The molecule has 0 radical (unpaired) electrons. The minimum atomic E-state index is -3.77. The van der Waals surface area contributed by atoms with Gasteiger partial charge in [-0.1, -0.05) is 0 Å². The molecule has 0 amide bonds. The van der Waals surface area contributed by atoms with Crippen molar-refractivity contribution < 1.29 is 17.9 Å². The molecule has 1 aromatic carbocycles. The molecule has 0 bridgehead atoms. The van der Waals surface area contributed by atoms with E-state index in [4.69, 9.17) is 9.47 Å². The molecule has 0 unspecified atom stereocenters. The molecule has 4 rings (SSSR count). The van der Waals surface area contributed by atoms with Crippen LogP contribution >= 0.6 is 0 Å². The summed E-state index contributed by atoms with van der Waals surface area (Å²) in [5.74, 6) is 0. The molecular weight excluding hydrogens is 394 g/mol. The van der Waals surface area contributed by atoms with Crippen LogP contribution in [0.1, 0.15) is 11.4 Å². The van der Waals surface area contributed by atoms with E-state index in [0.29, 0.717) is 56.6 Å². The number of anilines is 3. The van der Waals surface area contributed by atoms with Gasteiger partial charge in [0.2, 0.25) is 0 Å². The third-order valence-electron chi connectivity index (χ3n) is 5.28. The quantitative estimate of drug-likeness (QED) is 0.755. The van der Waals surface area contributed by atoms with Crippen LogP contribution in [-0.4, -0.2) is 71.2 Å². The van der Waals surface area contributed by atoms with E-state index in [2.05, 4.69) is 30.8 Å². The minimum Gasteiger partial charge on any atom is -0.378 e. The number of H-pyrrole nitrogens is 1. The Labute approximate surface area is 171 Å². The molecule has 0 atom stereocenters. The van der Waals surface area contributed by atoms with Crippen LogP contribution < -0.4 is 14.5 Å². The van der Waals surface area contributed by atoms with Gasteiger partial charge in [-0.25, -0.2) is 8.42 Å². The van der Waals surface area contributed by atoms with Gasteiger partial charge in [0, 0.05) is 31.9 Å². The lowest BCUT2D eigenvalue weighted by molar-refractivity contribution is 0.122. The van der Waals surface area contributed by atoms with Crippen molar-refractivity contribution in [2.75, 3.05) is 67.1 Å². The molecule has 0 spiro atoms. The second-order valence-electron chi connectivity index (χ2n) is 7.27. The number of benzene rings is 1. The van der Waals surface area contributed by atoms with Crippen LogP contribution in [0.4, 0.5) is 17.1 Å². The first-order valence-electron chi connectivity index (χ1n) is 9.79. The zero-order chi connectivity index (χ0) is 20.4. The summed E-state index contributed by atoms with van der Waals surface area (Å²) in [5.41, 5.74) is 3.46. The molecule has 2 saturated heterocycles. The maximum absolute atomic E-state index is 13.1. The highest BCUT2D eigenvalue weighted by Gasteiger charge is 2.25. The van der Waals surface area contributed by atoms with Crippen molar-refractivity contribution in [3.05, 3.63) is 29.6 Å². The second-order valence-corrected chi connectivity index (χ2v) is 8.89. The molecule has 2 aromatic rings. The van der Waals surface area contributed by atoms with Crippen LogP contribution in [-0.2, 0) is 19.5 Å². The van der Waals surface area contributed by atoms with Crippen molar-refractivity contribution in [3.8, 4) is 0 Å². The standard InChI is InChI=1S/C19H27N5O4S/c1-14-19(15(2)21-20-14)29(25,26)22-17-4-3-16(23-5-9-27-10-6-23)13-18(17)24-7-11-28-12-8-24/h3-4,13,22H,5-12H2,1-2H3,(H,20,21). The highest BCUT2D eigenvalue weighted by Crippen LogP contribution is 2.34. The van der Waals surface area contributed by atoms with Crippen molar-refractivity contribution >= 4 is 27.1 Å². The van der Waals surface area contributed by atoms with Gasteiger partial charge in [-0.15, -0.1) is 0 Å². The Morgan fingerprint density at radius 2 is 1.62 bits per heavy atom. The van der Waals surface area contributed by atoms with E-state index in [1.807, 2.05) is 12.1 Å². The van der Waals surface area contributed by atoms with Gasteiger partial charge in [0.1, 0.15) is 4.90 Å². The van der Waals surface area contributed by atoms with E-state index in [1.54, 1.807) is 13.8 Å². The van der Waals surface area contributed by atoms with Crippen molar-refractivity contribution in [2.45, 2.75) is 18.7 Å². The first kappa shape index (κ1) is 20.0. The zero-order valence-corrected chi connectivity index (χ0v) is 17.6. The lowest BCUT2D eigenvalue weighted by Gasteiger charge is -2.33. The predicted octanol–water partition coefficient (Wildman–Crippen LogP) is 1.50. The fraction of sp³-hybridized carbons (Fsp3) is 0.526. The van der Waals surface area contributed by atoms with Crippen LogP contribution in [0.5, 0.6) is 0 Å². The highest BCUT2D eigenvalue weighted by molar-refractivity contribution is 7.92. The summed E-state index contributed by atoms with van der Waals surface area (Å²) < 4.78 is 39.9. The van der Waals surface area contributed by atoms with Crippen LogP contribution in [0.3, 0.4) is 0 Å². The zero-order valence-electron chi connectivity index (χ0n) is 16.8. The number of hydrogen-bond acceptors (Lipinski definition) is 7. The van der Waals surface area contributed by atoms with E-state index < -0.39 is 10.0 Å². The topological polar surface area (TPSA) is 99.8 Å². The fourth-order valence-corrected chi connectivity index (χ4v) is 5.27. The molecule has 3 heterocycles. The molecule has 0 saturated carbocycles. The summed E-state index contributed by atoms with van der Waals surface area (Å²) in [7, 11) is -3.77. The van der Waals surface area contributed by atoms with E-state index in [0.717, 1.165) is 24.5 Å². The molecule has 2 fully saturated rings. The second kappa shape index (κ2) is 8.21.